The summed E-state index contributed by atoms with van der Waals surface area (Å²) in [4.78, 5) is 9.11. The summed E-state index contributed by atoms with van der Waals surface area (Å²) in [5.41, 5.74) is 2.80. The van der Waals surface area contributed by atoms with E-state index < -0.39 is 0 Å². The molecular formula is C17H19N3O2. The first-order valence-corrected chi connectivity index (χ1v) is 7.47. The minimum absolute atomic E-state index is 0.187. The van der Waals surface area contributed by atoms with Gasteiger partial charge < -0.3 is 9.26 Å². The van der Waals surface area contributed by atoms with Crippen LogP contribution in [0.1, 0.15) is 38.1 Å². The van der Waals surface area contributed by atoms with E-state index in [4.69, 9.17) is 9.26 Å². The Labute approximate surface area is 129 Å². The van der Waals surface area contributed by atoms with Crippen LogP contribution < -0.4 is 4.74 Å². The fourth-order valence-corrected chi connectivity index (χ4v) is 2.32. The molecule has 0 saturated carbocycles. The molecule has 0 spiro atoms. The predicted molar refractivity (Wildman–Crippen MR) is 85.0 cm³/mol. The lowest BCUT2D eigenvalue weighted by atomic mass is 10.1. The monoisotopic (exact) mass is 297 g/mol. The summed E-state index contributed by atoms with van der Waals surface area (Å²) >= 11 is 0. The number of fused-ring (bicyclic) bond motifs is 1. The smallest absolute Gasteiger partial charge is 0.229 e. The number of para-hydroxylation sites is 1. The van der Waals surface area contributed by atoms with Crippen molar-refractivity contribution in [3.63, 3.8) is 0 Å². The van der Waals surface area contributed by atoms with Crippen LogP contribution in [0, 0.1) is 6.92 Å². The number of benzene rings is 1. The number of nitrogens with zero attached hydrogens (tertiary/aromatic N) is 3. The minimum atomic E-state index is 0.187. The summed E-state index contributed by atoms with van der Waals surface area (Å²) in [6.07, 6.45) is 0. The molecule has 5 nitrogen and oxygen atoms in total. The molecule has 0 unspecified atom stereocenters. The van der Waals surface area contributed by atoms with Gasteiger partial charge in [-0.1, -0.05) is 37.2 Å². The largest absolute Gasteiger partial charge is 0.477 e. The first-order valence-electron chi connectivity index (χ1n) is 7.47. The van der Waals surface area contributed by atoms with Crippen LogP contribution in [0.2, 0.25) is 0 Å². The second kappa shape index (κ2) is 5.75. The van der Waals surface area contributed by atoms with Crippen LogP contribution in [0.3, 0.4) is 0 Å². The maximum atomic E-state index is 5.69. The first kappa shape index (κ1) is 14.5. The Bertz CT molecular complexity index is 809. The molecule has 3 aromatic rings. The lowest BCUT2D eigenvalue weighted by Crippen LogP contribution is -1.99. The van der Waals surface area contributed by atoms with Gasteiger partial charge in [-0.3, -0.25) is 0 Å². The molecule has 0 aliphatic heterocycles. The minimum Gasteiger partial charge on any atom is -0.477 e. The van der Waals surface area contributed by atoms with E-state index in [1.807, 2.05) is 52.0 Å². The number of ether oxygens (including phenoxy) is 1. The van der Waals surface area contributed by atoms with Crippen molar-refractivity contribution in [2.24, 2.45) is 0 Å². The summed E-state index contributed by atoms with van der Waals surface area (Å²) in [7, 11) is 0. The number of aryl methyl sites for hydroxylation is 1. The highest BCUT2D eigenvalue weighted by atomic mass is 16.5. The van der Waals surface area contributed by atoms with E-state index in [-0.39, 0.29) is 5.92 Å². The van der Waals surface area contributed by atoms with E-state index >= 15 is 0 Å². The van der Waals surface area contributed by atoms with Gasteiger partial charge in [0.1, 0.15) is 0 Å². The number of hydrogen-bond donors (Lipinski definition) is 0. The van der Waals surface area contributed by atoms with Gasteiger partial charge in [0.15, 0.2) is 0 Å². The van der Waals surface area contributed by atoms with Crippen molar-refractivity contribution in [2.75, 3.05) is 6.61 Å². The number of hydrogen-bond acceptors (Lipinski definition) is 5. The molecule has 0 radical (unpaired) electrons. The predicted octanol–water partition coefficient (Wildman–Crippen LogP) is 4.12. The summed E-state index contributed by atoms with van der Waals surface area (Å²) in [5.74, 6) is 1.86. The van der Waals surface area contributed by atoms with Crippen LogP contribution in [0.5, 0.6) is 5.88 Å². The molecule has 0 aliphatic carbocycles. The maximum absolute atomic E-state index is 5.69. The quantitative estimate of drug-likeness (QED) is 0.725. The highest BCUT2D eigenvalue weighted by Crippen LogP contribution is 2.31. The van der Waals surface area contributed by atoms with Crippen LogP contribution in [0.15, 0.2) is 28.8 Å². The highest BCUT2D eigenvalue weighted by Gasteiger charge is 2.18. The lowest BCUT2D eigenvalue weighted by Gasteiger charge is -2.09. The summed E-state index contributed by atoms with van der Waals surface area (Å²) in [6, 6.07) is 8.09. The summed E-state index contributed by atoms with van der Waals surface area (Å²) in [6.45, 7) is 8.54. The Morgan fingerprint density at radius 3 is 2.73 bits per heavy atom. The van der Waals surface area contributed by atoms with Crippen molar-refractivity contribution in [2.45, 2.75) is 33.6 Å². The van der Waals surface area contributed by atoms with E-state index in [1.54, 1.807) is 0 Å². The zero-order valence-electron chi connectivity index (χ0n) is 13.3. The molecule has 0 saturated heterocycles. The van der Waals surface area contributed by atoms with Gasteiger partial charge in [-0.25, -0.2) is 4.98 Å². The number of rotatable bonds is 4. The van der Waals surface area contributed by atoms with E-state index in [0.29, 0.717) is 24.2 Å². The van der Waals surface area contributed by atoms with Crippen molar-refractivity contribution < 1.29 is 9.26 Å². The van der Waals surface area contributed by atoms with Crippen LogP contribution in [0.25, 0.3) is 22.3 Å². The number of pyridine rings is 1. The molecular weight excluding hydrogens is 278 g/mol. The molecule has 2 aromatic heterocycles. The molecule has 22 heavy (non-hydrogen) atoms. The molecule has 0 atom stereocenters. The molecule has 0 amide bonds. The van der Waals surface area contributed by atoms with Gasteiger partial charge in [0.2, 0.25) is 17.6 Å². The fraction of sp³-hybridized carbons (Fsp3) is 0.353. The lowest BCUT2D eigenvalue weighted by molar-refractivity contribution is 0.328. The Morgan fingerprint density at radius 2 is 2.05 bits per heavy atom. The fourth-order valence-electron chi connectivity index (χ4n) is 2.32. The molecule has 2 heterocycles. The topological polar surface area (TPSA) is 61.0 Å². The van der Waals surface area contributed by atoms with E-state index in [0.717, 1.165) is 22.0 Å². The van der Waals surface area contributed by atoms with Gasteiger partial charge in [0.05, 0.1) is 17.7 Å². The standard InChI is InChI=1S/C17H19N3O2/c1-5-21-17-13(15-19-16(10(2)3)22-20-15)9-12-8-6-7-11(4)14(12)18-17/h6-10H,5H2,1-4H3. The van der Waals surface area contributed by atoms with Crippen LogP contribution in [0.4, 0.5) is 0 Å². The molecule has 5 heteroatoms. The molecule has 1 aromatic carbocycles. The van der Waals surface area contributed by atoms with Gasteiger partial charge in [-0.15, -0.1) is 0 Å². The van der Waals surface area contributed by atoms with E-state index in [9.17, 15) is 0 Å². The van der Waals surface area contributed by atoms with Gasteiger partial charge in [0.25, 0.3) is 0 Å². The third kappa shape index (κ3) is 2.54. The van der Waals surface area contributed by atoms with Crippen molar-refractivity contribution >= 4 is 10.9 Å². The van der Waals surface area contributed by atoms with Crippen molar-refractivity contribution in [3.8, 4) is 17.3 Å². The Balaban J connectivity index is 2.19. The molecule has 114 valence electrons. The van der Waals surface area contributed by atoms with Crippen LogP contribution in [-0.4, -0.2) is 21.7 Å². The summed E-state index contributed by atoms with van der Waals surface area (Å²) in [5, 5.41) is 5.11. The first-order chi connectivity index (χ1) is 10.6. The third-order valence-electron chi connectivity index (χ3n) is 3.47. The molecule has 3 rings (SSSR count). The zero-order chi connectivity index (χ0) is 15.7. The second-order valence-corrected chi connectivity index (χ2v) is 5.53. The van der Waals surface area contributed by atoms with Crippen LogP contribution in [-0.2, 0) is 0 Å². The van der Waals surface area contributed by atoms with E-state index in [1.165, 1.54) is 0 Å². The highest BCUT2D eigenvalue weighted by molar-refractivity contribution is 5.87. The van der Waals surface area contributed by atoms with E-state index in [2.05, 4.69) is 15.1 Å². The third-order valence-corrected chi connectivity index (χ3v) is 3.47. The van der Waals surface area contributed by atoms with Gasteiger partial charge in [-0.2, -0.15) is 4.98 Å². The van der Waals surface area contributed by atoms with Gasteiger partial charge >= 0.3 is 0 Å². The SMILES string of the molecule is CCOc1nc2c(C)cccc2cc1-c1noc(C(C)C)n1. The average Bonchev–Trinajstić information content (AvgIpc) is 2.98. The molecule has 0 bridgehead atoms. The molecule has 0 fully saturated rings. The Kier molecular flexibility index (Phi) is 3.79. The van der Waals surface area contributed by atoms with Crippen molar-refractivity contribution in [3.05, 3.63) is 35.7 Å². The van der Waals surface area contributed by atoms with Gasteiger partial charge in [-0.05, 0) is 25.5 Å². The molecule has 0 N–H and O–H groups in total. The van der Waals surface area contributed by atoms with Crippen LogP contribution >= 0.6 is 0 Å². The summed E-state index contributed by atoms with van der Waals surface area (Å²) < 4.78 is 11.0. The zero-order valence-corrected chi connectivity index (χ0v) is 13.3. The molecule has 0 aliphatic rings. The number of aromatic nitrogens is 3. The Hall–Kier alpha value is -2.43. The normalized spacial score (nSPS) is 11.3. The maximum Gasteiger partial charge on any atom is 0.229 e. The average molecular weight is 297 g/mol. The van der Waals surface area contributed by atoms with Gasteiger partial charge in [0, 0.05) is 11.3 Å². The Morgan fingerprint density at radius 1 is 1.23 bits per heavy atom. The second-order valence-electron chi connectivity index (χ2n) is 5.53. The van der Waals surface area contributed by atoms with Crippen molar-refractivity contribution in [1.29, 1.82) is 0 Å². The van der Waals surface area contributed by atoms with Crippen molar-refractivity contribution in [1.82, 2.24) is 15.1 Å².